The van der Waals surface area contributed by atoms with Gasteiger partial charge in [-0.25, -0.2) is 0 Å². The van der Waals surface area contributed by atoms with Crippen LogP contribution in [0.25, 0.3) is 5.70 Å². The Bertz CT molecular complexity index is 838. The van der Waals surface area contributed by atoms with Gasteiger partial charge in [-0.2, -0.15) is 10.1 Å². The van der Waals surface area contributed by atoms with E-state index in [1.165, 1.54) is 0 Å². The number of nitrogens with one attached hydrogen (secondary N) is 1. The average Bonchev–Trinajstić information content (AvgIpc) is 3.47. The minimum absolute atomic E-state index is 0.0628. The summed E-state index contributed by atoms with van der Waals surface area (Å²) in [5.74, 6) is 0.190. The molecule has 1 amide bonds. The van der Waals surface area contributed by atoms with Crippen molar-refractivity contribution in [2.45, 2.75) is 26.7 Å². The van der Waals surface area contributed by atoms with E-state index in [1.54, 1.807) is 6.20 Å². The molecular formula is C19H21N5O. The van der Waals surface area contributed by atoms with Crippen LogP contribution in [0.2, 0.25) is 0 Å². The van der Waals surface area contributed by atoms with Crippen molar-refractivity contribution >= 4 is 23.1 Å². The van der Waals surface area contributed by atoms with Crippen LogP contribution in [-0.2, 0) is 4.79 Å². The summed E-state index contributed by atoms with van der Waals surface area (Å²) < 4.78 is 0. The summed E-state index contributed by atoms with van der Waals surface area (Å²) in [5, 5.41) is 11.4. The van der Waals surface area contributed by atoms with E-state index in [-0.39, 0.29) is 17.7 Å². The molecule has 1 aliphatic carbocycles. The SMILES string of the molecule is C/C=C(\Nc1cc(C(N)=NC(=O)C2CC2)ccc1C)c1cccnn1. The van der Waals surface area contributed by atoms with Crippen LogP contribution in [0.1, 0.15) is 36.6 Å². The van der Waals surface area contributed by atoms with Crippen molar-refractivity contribution in [2.24, 2.45) is 16.6 Å². The van der Waals surface area contributed by atoms with Crippen LogP contribution in [-0.4, -0.2) is 21.9 Å². The molecule has 0 radical (unpaired) electrons. The molecule has 1 saturated carbocycles. The van der Waals surface area contributed by atoms with Crippen LogP contribution in [0, 0.1) is 12.8 Å². The molecule has 1 fully saturated rings. The molecular weight excluding hydrogens is 314 g/mol. The quantitative estimate of drug-likeness (QED) is 0.647. The molecule has 1 aliphatic rings. The van der Waals surface area contributed by atoms with E-state index in [9.17, 15) is 4.79 Å². The van der Waals surface area contributed by atoms with Crippen molar-refractivity contribution in [1.82, 2.24) is 10.2 Å². The van der Waals surface area contributed by atoms with Crippen LogP contribution in [0.5, 0.6) is 0 Å². The lowest BCUT2D eigenvalue weighted by molar-refractivity contribution is -0.118. The number of aromatic nitrogens is 2. The number of nitrogens with two attached hydrogens (primary N) is 1. The van der Waals surface area contributed by atoms with Gasteiger partial charge >= 0.3 is 0 Å². The van der Waals surface area contributed by atoms with Gasteiger partial charge < -0.3 is 11.1 Å². The number of nitrogens with zero attached hydrogens (tertiary/aromatic N) is 3. The lowest BCUT2D eigenvalue weighted by Gasteiger charge is -2.13. The van der Waals surface area contributed by atoms with Gasteiger partial charge in [-0.1, -0.05) is 18.2 Å². The highest BCUT2D eigenvalue weighted by atomic mass is 16.1. The van der Waals surface area contributed by atoms with Crippen molar-refractivity contribution in [3.05, 3.63) is 59.4 Å². The van der Waals surface area contributed by atoms with E-state index in [0.717, 1.165) is 41.0 Å². The number of hydrogen-bond acceptors (Lipinski definition) is 4. The van der Waals surface area contributed by atoms with Crippen molar-refractivity contribution < 1.29 is 4.79 Å². The summed E-state index contributed by atoms with van der Waals surface area (Å²) >= 11 is 0. The zero-order valence-corrected chi connectivity index (χ0v) is 14.4. The molecule has 0 bridgehead atoms. The highest BCUT2D eigenvalue weighted by molar-refractivity contribution is 6.05. The first kappa shape index (κ1) is 16.8. The minimum Gasteiger partial charge on any atom is -0.383 e. The summed E-state index contributed by atoms with van der Waals surface area (Å²) in [5.41, 5.74) is 10.3. The average molecular weight is 335 g/mol. The maximum absolute atomic E-state index is 11.8. The monoisotopic (exact) mass is 335 g/mol. The van der Waals surface area contributed by atoms with Gasteiger partial charge in [0.1, 0.15) is 11.5 Å². The van der Waals surface area contributed by atoms with Crippen molar-refractivity contribution in [2.75, 3.05) is 5.32 Å². The highest BCUT2D eigenvalue weighted by Crippen LogP contribution is 2.30. The first-order chi connectivity index (χ1) is 12.1. The number of carbonyl (C=O) groups excluding carboxylic acids is 1. The smallest absolute Gasteiger partial charge is 0.250 e. The predicted octanol–water partition coefficient (Wildman–Crippen LogP) is 2.90. The zero-order chi connectivity index (χ0) is 17.8. The van der Waals surface area contributed by atoms with E-state index < -0.39 is 0 Å². The second kappa shape index (κ2) is 7.25. The third kappa shape index (κ3) is 4.09. The molecule has 1 aromatic carbocycles. The third-order valence-corrected chi connectivity index (χ3v) is 4.10. The Hall–Kier alpha value is -3.02. The number of rotatable bonds is 5. The molecule has 0 spiro atoms. The number of amides is 1. The first-order valence-electron chi connectivity index (χ1n) is 8.29. The van der Waals surface area contributed by atoms with Gasteiger partial charge in [-0.15, -0.1) is 5.10 Å². The maximum Gasteiger partial charge on any atom is 0.250 e. The van der Waals surface area contributed by atoms with Gasteiger partial charge in [0.05, 0.1) is 5.70 Å². The summed E-state index contributed by atoms with van der Waals surface area (Å²) in [6.45, 7) is 3.93. The largest absolute Gasteiger partial charge is 0.383 e. The third-order valence-electron chi connectivity index (χ3n) is 4.10. The van der Waals surface area contributed by atoms with Crippen molar-refractivity contribution in [1.29, 1.82) is 0 Å². The van der Waals surface area contributed by atoms with Gasteiger partial charge in [0, 0.05) is 23.4 Å². The lowest BCUT2D eigenvalue weighted by Crippen LogP contribution is -2.17. The molecule has 25 heavy (non-hydrogen) atoms. The lowest BCUT2D eigenvalue weighted by atomic mass is 10.1. The fraction of sp³-hybridized carbons (Fsp3) is 0.263. The number of benzene rings is 1. The van der Waals surface area contributed by atoms with Crippen LogP contribution in [0.4, 0.5) is 5.69 Å². The van der Waals surface area contributed by atoms with Gasteiger partial charge in [0.25, 0.3) is 5.91 Å². The van der Waals surface area contributed by atoms with E-state index in [0.29, 0.717) is 0 Å². The zero-order valence-electron chi connectivity index (χ0n) is 14.4. The number of amidine groups is 1. The minimum atomic E-state index is -0.124. The number of anilines is 1. The molecule has 1 heterocycles. The Balaban J connectivity index is 1.85. The van der Waals surface area contributed by atoms with Crippen molar-refractivity contribution in [3.63, 3.8) is 0 Å². The molecule has 2 aromatic rings. The van der Waals surface area contributed by atoms with Gasteiger partial charge in [0.2, 0.25) is 0 Å². The first-order valence-corrected chi connectivity index (χ1v) is 8.29. The topological polar surface area (TPSA) is 93.3 Å². The van der Waals surface area contributed by atoms with Crippen LogP contribution in [0.3, 0.4) is 0 Å². The Morgan fingerprint density at radius 2 is 2.16 bits per heavy atom. The summed E-state index contributed by atoms with van der Waals surface area (Å²) in [6.07, 6.45) is 5.40. The maximum atomic E-state index is 11.8. The Labute approximate surface area is 146 Å². The van der Waals surface area contributed by atoms with Crippen LogP contribution in [0.15, 0.2) is 47.6 Å². The fourth-order valence-electron chi connectivity index (χ4n) is 2.40. The number of aryl methyl sites for hydroxylation is 1. The summed E-state index contributed by atoms with van der Waals surface area (Å²) in [7, 11) is 0. The van der Waals surface area contributed by atoms with Crippen LogP contribution >= 0.6 is 0 Å². The number of hydrogen-bond donors (Lipinski definition) is 2. The molecule has 6 heteroatoms. The van der Waals surface area contributed by atoms with Crippen molar-refractivity contribution in [3.8, 4) is 0 Å². The second-order valence-corrected chi connectivity index (χ2v) is 6.08. The summed E-state index contributed by atoms with van der Waals surface area (Å²) in [6, 6.07) is 9.45. The molecule has 0 saturated heterocycles. The Morgan fingerprint density at radius 3 is 2.80 bits per heavy atom. The normalized spacial score (nSPS) is 15.1. The van der Waals surface area contributed by atoms with Gasteiger partial charge in [0.15, 0.2) is 0 Å². The molecule has 0 unspecified atom stereocenters. The van der Waals surface area contributed by atoms with E-state index >= 15 is 0 Å². The molecule has 6 nitrogen and oxygen atoms in total. The van der Waals surface area contributed by atoms with Gasteiger partial charge in [-0.3, -0.25) is 4.79 Å². The molecule has 128 valence electrons. The van der Waals surface area contributed by atoms with E-state index in [2.05, 4.69) is 20.5 Å². The molecule has 0 atom stereocenters. The predicted molar refractivity (Wildman–Crippen MR) is 98.9 cm³/mol. The number of allylic oxidation sites excluding steroid dienone is 1. The Kier molecular flexibility index (Phi) is 4.88. The standard InChI is InChI=1S/C19H21N5O/c1-3-15(16-5-4-10-21-24-16)22-17-11-14(7-6-12(17)2)18(20)23-19(25)13-8-9-13/h3-7,10-11,13,22H,8-9H2,1-2H3,(H2,20,23,25)/b15-3-. The molecule has 3 N–H and O–H groups in total. The number of aliphatic imine (C=N–C) groups is 1. The van der Waals surface area contributed by atoms with E-state index in [4.69, 9.17) is 5.73 Å². The summed E-state index contributed by atoms with van der Waals surface area (Å²) in [4.78, 5) is 15.9. The van der Waals surface area contributed by atoms with E-state index in [1.807, 2.05) is 50.3 Å². The molecule has 3 rings (SSSR count). The fourth-order valence-corrected chi connectivity index (χ4v) is 2.40. The molecule has 1 aromatic heterocycles. The Morgan fingerprint density at radius 1 is 1.36 bits per heavy atom. The number of carbonyl (C=O) groups is 1. The highest BCUT2D eigenvalue weighted by Gasteiger charge is 2.29. The van der Waals surface area contributed by atoms with Gasteiger partial charge in [-0.05, 0) is 50.5 Å². The second-order valence-electron chi connectivity index (χ2n) is 6.08. The van der Waals surface area contributed by atoms with Crippen LogP contribution < -0.4 is 11.1 Å². The molecule has 0 aliphatic heterocycles.